The first-order valence-corrected chi connectivity index (χ1v) is 10.3. The van der Waals surface area contributed by atoms with E-state index < -0.39 is 23.1 Å². The van der Waals surface area contributed by atoms with Gasteiger partial charge >= 0.3 is 0 Å². The molecule has 0 heterocycles. The number of anilines is 1. The zero-order valence-electron chi connectivity index (χ0n) is 14.8. The number of nitrogens with one attached hydrogen (secondary N) is 1. The standard InChI is InChI=1S/C20H15Cl2FN2O3S/c21-12-3-1-4-14(7-12)28-15-8-13(9-16(10-15)29(24)27)25-20(26)11-17-18(22)5-2-6-19(17)23/h1-10H,11,24H2,(H,25,26). The molecule has 3 aromatic carbocycles. The number of amides is 1. The summed E-state index contributed by atoms with van der Waals surface area (Å²) in [5.41, 5.74) is 0.372. The molecule has 1 amide bonds. The van der Waals surface area contributed by atoms with Gasteiger partial charge in [0.15, 0.2) is 4.90 Å². The van der Waals surface area contributed by atoms with Crippen LogP contribution < -0.4 is 15.2 Å². The molecule has 9 heteroatoms. The minimum absolute atomic E-state index is 0.0839. The molecule has 0 fully saturated rings. The van der Waals surface area contributed by atoms with E-state index in [0.29, 0.717) is 16.5 Å². The molecule has 150 valence electrons. The maximum atomic E-state index is 13.9. The van der Waals surface area contributed by atoms with Gasteiger partial charge in [-0.2, -0.15) is 0 Å². The van der Waals surface area contributed by atoms with E-state index in [1.807, 2.05) is 0 Å². The maximum absolute atomic E-state index is 13.9. The van der Waals surface area contributed by atoms with Gasteiger partial charge in [-0.25, -0.2) is 4.39 Å². The molecular formula is C20H15Cl2FN2O3S. The van der Waals surface area contributed by atoms with E-state index in [0.717, 1.165) is 0 Å². The summed E-state index contributed by atoms with van der Waals surface area (Å²) < 4.78 is 31.4. The first-order chi connectivity index (χ1) is 13.8. The van der Waals surface area contributed by atoms with Crippen LogP contribution in [0.1, 0.15) is 5.56 Å². The topological polar surface area (TPSA) is 87.4 Å². The third-order valence-corrected chi connectivity index (χ3v) is 5.12. The van der Waals surface area contributed by atoms with Crippen molar-refractivity contribution in [2.75, 3.05) is 5.32 Å². The lowest BCUT2D eigenvalue weighted by Crippen LogP contribution is -2.17. The SMILES string of the molecule is N[S+]([O-])c1cc(NC(=O)Cc2c(F)cccc2Cl)cc(Oc2cccc(Cl)c2)c1. The fourth-order valence-electron chi connectivity index (χ4n) is 2.55. The van der Waals surface area contributed by atoms with E-state index >= 15 is 0 Å². The number of carbonyl (C=O) groups excluding carboxylic acids is 1. The maximum Gasteiger partial charge on any atom is 0.228 e. The van der Waals surface area contributed by atoms with Crippen LogP contribution in [0.3, 0.4) is 0 Å². The summed E-state index contributed by atoms with van der Waals surface area (Å²) in [4.78, 5) is 12.6. The van der Waals surface area contributed by atoms with Gasteiger partial charge < -0.3 is 14.6 Å². The first kappa shape index (κ1) is 21.4. The molecular weight excluding hydrogens is 438 g/mol. The largest absolute Gasteiger partial charge is 0.593 e. The second kappa shape index (κ2) is 9.47. The summed E-state index contributed by atoms with van der Waals surface area (Å²) in [7, 11) is 0. The van der Waals surface area contributed by atoms with Crippen molar-refractivity contribution in [3.63, 3.8) is 0 Å². The summed E-state index contributed by atoms with van der Waals surface area (Å²) >= 11 is 10.1. The predicted octanol–water partition coefficient (Wildman–Crippen LogP) is 5.09. The fourth-order valence-corrected chi connectivity index (χ4v) is 3.44. The average molecular weight is 453 g/mol. The Balaban J connectivity index is 1.82. The number of carbonyl (C=O) groups is 1. The molecule has 3 aromatic rings. The summed E-state index contributed by atoms with van der Waals surface area (Å²) in [5, 5.41) is 8.73. The van der Waals surface area contributed by atoms with E-state index in [2.05, 4.69) is 5.32 Å². The number of nitrogens with two attached hydrogens (primary N) is 1. The highest BCUT2D eigenvalue weighted by Crippen LogP contribution is 2.29. The molecule has 0 aliphatic rings. The first-order valence-electron chi connectivity index (χ1n) is 8.29. The Kier molecular flexibility index (Phi) is 7.00. The van der Waals surface area contributed by atoms with Crippen molar-refractivity contribution in [1.29, 1.82) is 0 Å². The number of hydrogen-bond donors (Lipinski definition) is 2. The molecule has 0 saturated heterocycles. The molecule has 0 spiro atoms. The summed E-state index contributed by atoms with van der Waals surface area (Å²) in [5.74, 6) is -0.337. The van der Waals surface area contributed by atoms with E-state index in [4.69, 9.17) is 33.1 Å². The third-order valence-electron chi connectivity index (χ3n) is 3.83. The van der Waals surface area contributed by atoms with Crippen LogP contribution in [-0.4, -0.2) is 10.5 Å². The van der Waals surface area contributed by atoms with Crippen LogP contribution in [0.4, 0.5) is 10.1 Å². The van der Waals surface area contributed by atoms with Crippen LogP contribution in [0, 0.1) is 5.82 Å². The van der Waals surface area contributed by atoms with Crippen molar-refractivity contribution < 1.29 is 18.5 Å². The highest BCUT2D eigenvalue weighted by atomic mass is 35.5. The Morgan fingerprint density at radius 3 is 2.55 bits per heavy atom. The van der Waals surface area contributed by atoms with Crippen LogP contribution >= 0.6 is 23.2 Å². The molecule has 1 atom stereocenters. The van der Waals surface area contributed by atoms with Gasteiger partial charge in [0.05, 0.1) is 17.8 Å². The van der Waals surface area contributed by atoms with E-state index in [1.165, 1.54) is 36.4 Å². The number of halogens is 3. The molecule has 0 aromatic heterocycles. The molecule has 0 radical (unpaired) electrons. The summed E-state index contributed by atoms with van der Waals surface area (Å²) in [6.07, 6.45) is -0.272. The number of rotatable bonds is 6. The number of ether oxygens (including phenoxy) is 1. The molecule has 0 saturated carbocycles. The molecule has 0 bridgehead atoms. The zero-order chi connectivity index (χ0) is 21.0. The van der Waals surface area contributed by atoms with Gasteiger partial charge in [-0.05, 0) is 30.3 Å². The molecule has 0 aliphatic heterocycles. The fraction of sp³-hybridized carbons (Fsp3) is 0.0500. The number of benzene rings is 3. The van der Waals surface area contributed by atoms with Gasteiger partial charge in [0.25, 0.3) is 0 Å². The van der Waals surface area contributed by atoms with Crippen molar-refractivity contribution in [2.24, 2.45) is 5.14 Å². The Bertz CT molecular complexity index is 1030. The monoisotopic (exact) mass is 452 g/mol. The van der Waals surface area contributed by atoms with Gasteiger partial charge in [-0.3, -0.25) is 4.79 Å². The highest BCUT2D eigenvalue weighted by molar-refractivity contribution is 7.89. The number of hydrogen-bond acceptors (Lipinski definition) is 4. The van der Waals surface area contributed by atoms with Crippen molar-refractivity contribution >= 4 is 46.2 Å². The van der Waals surface area contributed by atoms with Crippen LogP contribution in [0.15, 0.2) is 65.6 Å². The van der Waals surface area contributed by atoms with Crippen LogP contribution in [-0.2, 0) is 22.6 Å². The van der Waals surface area contributed by atoms with Gasteiger partial charge in [0.2, 0.25) is 5.91 Å². The second-order valence-electron chi connectivity index (χ2n) is 5.98. The molecule has 3 N–H and O–H groups in total. The van der Waals surface area contributed by atoms with Gasteiger partial charge in [-0.1, -0.05) is 35.3 Å². The zero-order valence-corrected chi connectivity index (χ0v) is 17.2. The van der Waals surface area contributed by atoms with Gasteiger partial charge in [0.1, 0.15) is 17.3 Å². The van der Waals surface area contributed by atoms with E-state index in [9.17, 15) is 13.7 Å². The molecule has 1 unspecified atom stereocenters. The Morgan fingerprint density at radius 2 is 1.86 bits per heavy atom. The second-order valence-corrected chi connectivity index (χ2v) is 7.88. The van der Waals surface area contributed by atoms with E-state index in [1.54, 1.807) is 24.3 Å². The smallest absolute Gasteiger partial charge is 0.228 e. The molecule has 5 nitrogen and oxygen atoms in total. The predicted molar refractivity (Wildman–Crippen MR) is 112 cm³/mol. The quantitative estimate of drug-likeness (QED) is 0.510. The van der Waals surface area contributed by atoms with Crippen molar-refractivity contribution in [1.82, 2.24) is 0 Å². The minimum atomic E-state index is -1.81. The van der Waals surface area contributed by atoms with Gasteiger partial charge in [0, 0.05) is 39.5 Å². The lowest BCUT2D eigenvalue weighted by atomic mass is 10.1. The summed E-state index contributed by atoms with van der Waals surface area (Å²) in [6.45, 7) is 0. The molecule has 0 aliphatic carbocycles. The summed E-state index contributed by atoms with van der Waals surface area (Å²) in [6, 6.07) is 15.3. The third kappa shape index (κ3) is 5.85. The van der Waals surface area contributed by atoms with E-state index in [-0.39, 0.29) is 27.6 Å². The highest BCUT2D eigenvalue weighted by Gasteiger charge is 2.15. The minimum Gasteiger partial charge on any atom is -0.593 e. The van der Waals surface area contributed by atoms with Crippen molar-refractivity contribution in [3.8, 4) is 11.5 Å². The Hall–Kier alpha value is -2.29. The normalized spacial score (nSPS) is 11.8. The van der Waals surface area contributed by atoms with Crippen molar-refractivity contribution in [2.45, 2.75) is 11.3 Å². The van der Waals surface area contributed by atoms with Crippen LogP contribution in [0.25, 0.3) is 0 Å². The Morgan fingerprint density at radius 1 is 1.10 bits per heavy atom. The molecule has 29 heavy (non-hydrogen) atoms. The van der Waals surface area contributed by atoms with Crippen molar-refractivity contribution in [3.05, 3.63) is 82.1 Å². The van der Waals surface area contributed by atoms with Gasteiger partial charge in [-0.15, -0.1) is 5.14 Å². The molecule has 3 rings (SSSR count). The van der Waals surface area contributed by atoms with Crippen LogP contribution in [0.2, 0.25) is 10.0 Å². The lowest BCUT2D eigenvalue weighted by molar-refractivity contribution is -0.115. The average Bonchev–Trinajstić information content (AvgIpc) is 2.64. The lowest BCUT2D eigenvalue weighted by Gasteiger charge is -2.12. The van der Waals surface area contributed by atoms with Crippen LogP contribution in [0.5, 0.6) is 11.5 Å². The Labute approximate surface area is 179 Å².